The Labute approximate surface area is 161 Å². The highest BCUT2D eigenvalue weighted by Gasteiger charge is 2.43. The first-order chi connectivity index (χ1) is 12.9. The SMILES string of the molecule is CS(=O)(=O)/C=C/[C@@H](NC(=O)N1C[C@H](C2CC2)C[C@@H]1c1ccccc1)C1CC1. The number of nitrogens with zero attached hydrogens (tertiary/aromatic N) is 1. The molecule has 3 aliphatic rings. The van der Waals surface area contributed by atoms with E-state index in [2.05, 4.69) is 17.4 Å². The molecule has 1 heterocycles. The first kappa shape index (κ1) is 18.5. The second-order valence-corrected chi connectivity index (χ2v) is 10.3. The standard InChI is InChI=1S/C21H28N2O3S/c1-27(25,26)12-11-19(16-9-10-16)22-21(24)23-14-18(15-7-8-15)13-20(23)17-5-3-2-4-6-17/h2-6,11-12,15-16,18-20H,7-10,13-14H2,1H3,(H,22,24)/b12-11+/t18-,19-,20-/m1/s1. The quantitative estimate of drug-likeness (QED) is 0.811. The van der Waals surface area contributed by atoms with Gasteiger partial charge in [0.1, 0.15) is 0 Å². The third-order valence-corrected chi connectivity index (χ3v) is 6.67. The molecule has 0 spiro atoms. The molecule has 2 aliphatic carbocycles. The molecule has 0 unspecified atom stereocenters. The molecule has 1 aromatic rings. The molecule has 5 nitrogen and oxygen atoms in total. The molecule has 2 amide bonds. The molecular weight excluding hydrogens is 360 g/mol. The van der Waals surface area contributed by atoms with E-state index in [0.717, 1.165) is 31.7 Å². The molecule has 27 heavy (non-hydrogen) atoms. The van der Waals surface area contributed by atoms with Crippen LogP contribution in [0.4, 0.5) is 4.79 Å². The number of sulfone groups is 1. The predicted molar refractivity (Wildman–Crippen MR) is 106 cm³/mol. The van der Waals surface area contributed by atoms with Crippen molar-refractivity contribution in [1.82, 2.24) is 10.2 Å². The number of amides is 2. The van der Waals surface area contributed by atoms with E-state index < -0.39 is 9.84 Å². The molecule has 1 N–H and O–H groups in total. The van der Waals surface area contributed by atoms with E-state index in [-0.39, 0.29) is 18.1 Å². The number of hydrogen-bond acceptors (Lipinski definition) is 3. The summed E-state index contributed by atoms with van der Waals surface area (Å²) < 4.78 is 22.9. The summed E-state index contributed by atoms with van der Waals surface area (Å²) in [6, 6.07) is 10.1. The van der Waals surface area contributed by atoms with E-state index >= 15 is 0 Å². The molecule has 4 rings (SSSR count). The van der Waals surface area contributed by atoms with E-state index in [1.165, 1.54) is 30.1 Å². The Bertz CT molecular complexity index is 813. The van der Waals surface area contributed by atoms with Gasteiger partial charge in [0.15, 0.2) is 9.84 Å². The maximum absolute atomic E-state index is 13.1. The summed E-state index contributed by atoms with van der Waals surface area (Å²) in [5, 5.41) is 4.33. The van der Waals surface area contributed by atoms with Gasteiger partial charge in [-0.05, 0) is 55.4 Å². The molecule has 0 radical (unpaired) electrons. The predicted octanol–water partition coefficient (Wildman–Crippen LogP) is 3.51. The lowest BCUT2D eigenvalue weighted by atomic mass is 9.96. The summed E-state index contributed by atoms with van der Waals surface area (Å²) in [4.78, 5) is 15.1. The van der Waals surface area contributed by atoms with E-state index in [1.54, 1.807) is 6.08 Å². The van der Waals surface area contributed by atoms with Crippen LogP contribution in [0.5, 0.6) is 0 Å². The van der Waals surface area contributed by atoms with Crippen LogP contribution in [0, 0.1) is 17.8 Å². The topological polar surface area (TPSA) is 66.5 Å². The minimum Gasteiger partial charge on any atom is -0.331 e. The summed E-state index contributed by atoms with van der Waals surface area (Å²) in [7, 11) is -3.19. The lowest BCUT2D eigenvalue weighted by Crippen LogP contribution is -2.45. The van der Waals surface area contributed by atoms with Crippen molar-refractivity contribution in [3.05, 3.63) is 47.4 Å². The second kappa shape index (κ2) is 7.30. The minimum atomic E-state index is -3.19. The van der Waals surface area contributed by atoms with Crippen LogP contribution in [0.2, 0.25) is 0 Å². The molecule has 2 saturated carbocycles. The molecule has 1 aromatic carbocycles. The van der Waals surface area contributed by atoms with Gasteiger partial charge in [-0.1, -0.05) is 36.4 Å². The van der Waals surface area contributed by atoms with E-state index in [1.807, 2.05) is 23.1 Å². The Morgan fingerprint density at radius 1 is 1.15 bits per heavy atom. The number of nitrogens with one attached hydrogen (secondary N) is 1. The Morgan fingerprint density at radius 3 is 2.44 bits per heavy atom. The van der Waals surface area contributed by atoms with Crippen LogP contribution >= 0.6 is 0 Å². The van der Waals surface area contributed by atoms with E-state index in [0.29, 0.717) is 11.8 Å². The first-order valence-electron chi connectivity index (χ1n) is 9.91. The number of rotatable bonds is 6. The molecule has 6 heteroatoms. The normalized spacial score (nSPS) is 27.1. The molecule has 1 saturated heterocycles. The Morgan fingerprint density at radius 2 is 1.85 bits per heavy atom. The summed E-state index contributed by atoms with van der Waals surface area (Å²) in [6.45, 7) is 0.795. The molecule has 1 aliphatic heterocycles. The monoisotopic (exact) mass is 388 g/mol. The van der Waals surface area contributed by atoms with Gasteiger partial charge >= 0.3 is 6.03 Å². The van der Waals surface area contributed by atoms with Crippen molar-refractivity contribution in [2.45, 2.75) is 44.2 Å². The fraction of sp³-hybridized carbons (Fsp3) is 0.571. The van der Waals surface area contributed by atoms with Gasteiger partial charge in [-0.2, -0.15) is 0 Å². The Balaban J connectivity index is 1.50. The molecular formula is C21H28N2O3S. The zero-order valence-corrected chi connectivity index (χ0v) is 16.6. The third-order valence-electron chi connectivity index (χ3n) is 6.02. The van der Waals surface area contributed by atoms with Crippen molar-refractivity contribution in [2.24, 2.45) is 17.8 Å². The lowest BCUT2D eigenvalue weighted by Gasteiger charge is -2.27. The summed E-state index contributed by atoms with van der Waals surface area (Å²) in [6.07, 6.45) is 8.48. The van der Waals surface area contributed by atoms with Crippen molar-refractivity contribution in [3.63, 3.8) is 0 Å². The lowest BCUT2D eigenvalue weighted by molar-refractivity contribution is 0.188. The van der Waals surface area contributed by atoms with Gasteiger partial charge in [0.2, 0.25) is 0 Å². The fourth-order valence-electron chi connectivity index (χ4n) is 4.22. The smallest absolute Gasteiger partial charge is 0.318 e. The number of urea groups is 1. The average Bonchev–Trinajstić information content (AvgIpc) is 3.56. The summed E-state index contributed by atoms with van der Waals surface area (Å²) in [5.41, 5.74) is 1.19. The highest BCUT2D eigenvalue weighted by molar-refractivity contribution is 7.93. The highest BCUT2D eigenvalue weighted by Crippen LogP contribution is 2.47. The van der Waals surface area contributed by atoms with Gasteiger partial charge in [0.25, 0.3) is 0 Å². The van der Waals surface area contributed by atoms with Gasteiger partial charge in [-0.3, -0.25) is 0 Å². The summed E-state index contributed by atoms with van der Waals surface area (Å²) in [5.74, 6) is 1.69. The Hall–Kier alpha value is -1.82. The maximum Gasteiger partial charge on any atom is 0.318 e. The van der Waals surface area contributed by atoms with Gasteiger partial charge < -0.3 is 10.2 Å². The number of benzene rings is 1. The highest BCUT2D eigenvalue weighted by atomic mass is 32.2. The van der Waals surface area contributed by atoms with Crippen molar-refractivity contribution in [1.29, 1.82) is 0 Å². The number of likely N-dealkylation sites (tertiary alicyclic amines) is 1. The average molecular weight is 389 g/mol. The number of hydrogen-bond donors (Lipinski definition) is 1. The fourth-order valence-corrected chi connectivity index (χ4v) is 4.68. The number of carbonyl (C=O) groups is 1. The molecule has 0 aromatic heterocycles. The van der Waals surface area contributed by atoms with Crippen LogP contribution in [0.25, 0.3) is 0 Å². The van der Waals surface area contributed by atoms with Crippen LogP contribution in [0.3, 0.4) is 0 Å². The van der Waals surface area contributed by atoms with Gasteiger partial charge in [-0.15, -0.1) is 0 Å². The van der Waals surface area contributed by atoms with Gasteiger partial charge in [-0.25, -0.2) is 13.2 Å². The number of carbonyl (C=O) groups excluding carboxylic acids is 1. The van der Waals surface area contributed by atoms with Crippen LogP contribution in [0.1, 0.15) is 43.7 Å². The van der Waals surface area contributed by atoms with Crippen LogP contribution < -0.4 is 5.32 Å². The van der Waals surface area contributed by atoms with Crippen molar-refractivity contribution in [3.8, 4) is 0 Å². The van der Waals surface area contributed by atoms with Gasteiger partial charge in [0, 0.05) is 18.2 Å². The largest absolute Gasteiger partial charge is 0.331 e. The van der Waals surface area contributed by atoms with Crippen LogP contribution in [-0.2, 0) is 9.84 Å². The Kier molecular flexibility index (Phi) is 5.01. The zero-order chi connectivity index (χ0) is 19.0. The summed E-state index contributed by atoms with van der Waals surface area (Å²) >= 11 is 0. The van der Waals surface area contributed by atoms with Gasteiger partial charge in [0.05, 0.1) is 12.1 Å². The molecule has 0 bridgehead atoms. The zero-order valence-electron chi connectivity index (χ0n) is 15.8. The first-order valence-corrected chi connectivity index (χ1v) is 11.9. The van der Waals surface area contributed by atoms with Crippen molar-refractivity contribution < 1.29 is 13.2 Å². The van der Waals surface area contributed by atoms with Crippen molar-refractivity contribution >= 4 is 15.9 Å². The molecule has 3 fully saturated rings. The molecule has 146 valence electrons. The second-order valence-electron chi connectivity index (χ2n) is 8.38. The van der Waals surface area contributed by atoms with Crippen LogP contribution in [0.15, 0.2) is 41.8 Å². The van der Waals surface area contributed by atoms with Crippen molar-refractivity contribution in [2.75, 3.05) is 12.8 Å². The van der Waals surface area contributed by atoms with E-state index in [9.17, 15) is 13.2 Å². The molecule has 3 atom stereocenters. The third kappa shape index (κ3) is 4.72. The van der Waals surface area contributed by atoms with E-state index in [4.69, 9.17) is 0 Å². The van der Waals surface area contributed by atoms with Crippen LogP contribution in [-0.4, -0.2) is 38.2 Å². The maximum atomic E-state index is 13.1. The minimum absolute atomic E-state index is 0.0675.